The summed E-state index contributed by atoms with van der Waals surface area (Å²) in [5, 5.41) is 0. The molecule has 0 aromatic rings. The molecule has 0 bridgehead atoms. The van der Waals surface area contributed by atoms with Crippen LogP contribution in [0.15, 0.2) is 17.4 Å². The third-order valence-corrected chi connectivity index (χ3v) is 1.58. The van der Waals surface area contributed by atoms with Crippen molar-refractivity contribution in [1.29, 1.82) is 0 Å². The van der Waals surface area contributed by atoms with Crippen molar-refractivity contribution in [3.63, 3.8) is 0 Å². The Bertz CT molecular complexity index is 138. The van der Waals surface area contributed by atoms with Crippen molar-refractivity contribution in [1.82, 2.24) is 4.90 Å². The van der Waals surface area contributed by atoms with Gasteiger partial charge in [-0.25, -0.2) is 0 Å². The van der Waals surface area contributed by atoms with Crippen molar-refractivity contribution in [3.8, 4) is 0 Å². The second-order valence-electron chi connectivity index (χ2n) is 2.48. The molecule has 0 aromatic carbocycles. The molecule has 0 aromatic heterocycles. The molecule has 0 aliphatic carbocycles. The second kappa shape index (κ2) is 4.09. The molecule has 0 amide bonds. The topological polar surface area (TPSA) is 15.6 Å². The molecule has 2 heteroatoms. The van der Waals surface area contributed by atoms with Crippen molar-refractivity contribution in [2.45, 2.75) is 19.8 Å². The van der Waals surface area contributed by atoms with Crippen molar-refractivity contribution < 1.29 is 0 Å². The summed E-state index contributed by atoms with van der Waals surface area (Å²) in [5.74, 6) is 0. The fourth-order valence-corrected chi connectivity index (χ4v) is 0.934. The van der Waals surface area contributed by atoms with E-state index in [1.165, 1.54) is 19.4 Å². The summed E-state index contributed by atoms with van der Waals surface area (Å²) in [6, 6.07) is 0. The number of hydrogen-bond acceptors (Lipinski definition) is 2. The maximum Gasteiger partial charge on any atom is 0.0527 e. The lowest BCUT2D eigenvalue weighted by Crippen LogP contribution is -2.22. The Hall–Kier alpha value is -0.790. The summed E-state index contributed by atoms with van der Waals surface area (Å²) in [5.41, 5.74) is 0. The Balaban J connectivity index is 2.17. The Morgan fingerprint density at radius 2 is 2.50 bits per heavy atom. The van der Waals surface area contributed by atoms with Crippen LogP contribution in [0.2, 0.25) is 0 Å². The molecular weight excluding hydrogens is 124 g/mol. The summed E-state index contributed by atoms with van der Waals surface area (Å²) >= 11 is 0. The minimum Gasteiger partial charge on any atom is -0.371 e. The van der Waals surface area contributed by atoms with Crippen LogP contribution in [-0.2, 0) is 0 Å². The van der Waals surface area contributed by atoms with Crippen LogP contribution in [-0.4, -0.2) is 24.2 Å². The molecule has 56 valence electrons. The lowest BCUT2D eigenvalue weighted by molar-refractivity contribution is 0.413. The van der Waals surface area contributed by atoms with Gasteiger partial charge in [-0.3, -0.25) is 4.99 Å². The first kappa shape index (κ1) is 7.32. The third-order valence-electron chi connectivity index (χ3n) is 1.58. The van der Waals surface area contributed by atoms with Gasteiger partial charge in [-0.15, -0.1) is 0 Å². The highest BCUT2D eigenvalue weighted by molar-refractivity contribution is 5.61. The lowest BCUT2D eigenvalue weighted by Gasteiger charge is -2.18. The predicted molar refractivity (Wildman–Crippen MR) is 44.1 cm³/mol. The summed E-state index contributed by atoms with van der Waals surface area (Å²) in [6.07, 6.45) is 8.38. The first-order valence-electron chi connectivity index (χ1n) is 3.86. The van der Waals surface area contributed by atoms with E-state index in [1.54, 1.807) is 0 Å². The van der Waals surface area contributed by atoms with Crippen LogP contribution >= 0.6 is 0 Å². The molecule has 1 heterocycles. The predicted octanol–water partition coefficient (Wildman–Crippen LogP) is 1.64. The van der Waals surface area contributed by atoms with Crippen LogP contribution < -0.4 is 0 Å². The van der Waals surface area contributed by atoms with Crippen LogP contribution in [0, 0.1) is 0 Å². The minimum atomic E-state index is 0.983. The van der Waals surface area contributed by atoms with Gasteiger partial charge in [-0.05, 0) is 6.42 Å². The molecule has 2 nitrogen and oxygen atoms in total. The average molecular weight is 138 g/mol. The maximum absolute atomic E-state index is 3.99. The van der Waals surface area contributed by atoms with E-state index in [-0.39, 0.29) is 0 Å². The quantitative estimate of drug-likeness (QED) is 0.579. The lowest BCUT2D eigenvalue weighted by atomic mass is 10.3. The minimum absolute atomic E-state index is 0.983. The van der Waals surface area contributed by atoms with Gasteiger partial charge in [0.1, 0.15) is 0 Å². The van der Waals surface area contributed by atoms with Crippen molar-refractivity contribution in [2.75, 3.05) is 13.1 Å². The van der Waals surface area contributed by atoms with Gasteiger partial charge in [-0.2, -0.15) is 0 Å². The van der Waals surface area contributed by atoms with Crippen LogP contribution in [0.3, 0.4) is 0 Å². The molecule has 0 saturated heterocycles. The first-order chi connectivity index (χ1) is 4.93. The second-order valence-corrected chi connectivity index (χ2v) is 2.48. The van der Waals surface area contributed by atoms with E-state index >= 15 is 0 Å². The van der Waals surface area contributed by atoms with Crippen LogP contribution in [0.25, 0.3) is 0 Å². The molecule has 1 rings (SSSR count). The molecule has 1 aliphatic rings. The Morgan fingerprint density at radius 1 is 1.60 bits per heavy atom. The Labute approximate surface area is 62.3 Å². The summed E-state index contributed by atoms with van der Waals surface area (Å²) in [7, 11) is 0. The van der Waals surface area contributed by atoms with Crippen molar-refractivity contribution in [3.05, 3.63) is 12.4 Å². The zero-order valence-electron chi connectivity index (χ0n) is 6.45. The third kappa shape index (κ3) is 2.21. The smallest absolute Gasteiger partial charge is 0.0527 e. The fourth-order valence-electron chi connectivity index (χ4n) is 0.934. The molecule has 0 spiro atoms. The van der Waals surface area contributed by atoms with Crippen molar-refractivity contribution in [2.24, 2.45) is 4.99 Å². The Morgan fingerprint density at radius 3 is 3.10 bits per heavy atom. The summed E-state index contributed by atoms with van der Waals surface area (Å²) in [4.78, 5) is 6.26. The highest BCUT2D eigenvalue weighted by Crippen LogP contribution is 1.97. The molecule has 0 atom stereocenters. The standard InChI is InChI=1S/C8H14N2/c1-2-3-6-10-7-4-9-5-8-10/h4-5,7H,2-3,6,8H2,1H3. The molecule has 0 N–H and O–H groups in total. The van der Waals surface area contributed by atoms with E-state index in [0.717, 1.165) is 6.54 Å². The van der Waals surface area contributed by atoms with E-state index in [9.17, 15) is 0 Å². The van der Waals surface area contributed by atoms with E-state index in [0.29, 0.717) is 0 Å². The normalized spacial score (nSPS) is 16.3. The maximum atomic E-state index is 3.99. The molecule has 10 heavy (non-hydrogen) atoms. The zero-order chi connectivity index (χ0) is 7.23. The Kier molecular flexibility index (Phi) is 3.00. The van der Waals surface area contributed by atoms with Crippen LogP contribution in [0.1, 0.15) is 19.8 Å². The highest BCUT2D eigenvalue weighted by Gasteiger charge is 1.97. The summed E-state index contributed by atoms with van der Waals surface area (Å²) in [6.45, 7) is 4.36. The molecule has 0 fully saturated rings. The van der Waals surface area contributed by atoms with Gasteiger partial charge < -0.3 is 4.90 Å². The molecule has 0 saturated carbocycles. The first-order valence-corrected chi connectivity index (χ1v) is 3.86. The largest absolute Gasteiger partial charge is 0.371 e. The number of nitrogens with zero attached hydrogens (tertiary/aromatic N) is 2. The van der Waals surface area contributed by atoms with Gasteiger partial charge >= 0.3 is 0 Å². The van der Waals surface area contributed by atoms with E-state index in [1.807, 2.05) is 12.4 Å². The molecular formula is C8H14N2. The molecule has 1 aliphatic heterocycles. The summed E-state index contributed by atoms with van der Waals surface area (Å²) < 4.78 is 0. The van der Waals surface area contributed by atoms with Crippen molar-refractivity contribution >= 4 is 6.21 Å². The fraction of sp³-hybridized carbons (Fsp3) is 0.625. The monoisotopic (exact) mass is 138 g/mol. The number of rotatable bonds is 3. The number of aliphatic imine (C=N–C) groups is 1. The zero-order valence-corrected chi connectivity index (χ0v) is 6.45. The molecule has 0 unspecified atom stereocenters. The van der Waals surface area contributed by atoms with Crippen LogP contribution in [0.5, 0.6) is 0 Å². The van der Waals surface area contributed by atoms with Gasteiger partial charge in [-0.1, -0.05) is 13.3 Å². The van der Waals surface area contributed by atoms with Gasteiger partial charge in [0.2, 0.25) is 0 Å². The van der Waals surface area contributed by atoms with E-state index in [4.69, 9.17) is 0 Å². The van der Waals surface area contributed by atoms with Gasteiger partial charge in [0.05, 0.1) is 6.54 Å². The van der Waals surface area contributed by atoms with Gasteiger partial charge in [0, 0.05) is 25.2 Å². The molecule has 0 radical (unpaired) electrons. The SMILES string of the molecule is CCCCN1C=CN=CC1. The number of hydrogen-bond donors (Lipinski definition) is 0. The average Bonchev–Trinajstić information content (AvgIpc) is 2.03. The van der Waals surface area contributed by atoms with Crippen LogP contribution in [0.4, 0.5) is 0 Å². The van der Waals surface area contributed by atoms with E-state index in [2.05, 4.69) is 23.0 Å². The van der Waals surface area contributed by atoms with E-state index < -0.39 is 0 Å². The highest BCUT2D eigenvalue weighted by atomic mass is 15.1. The van der Waals surface area contributed by atoms with Gasteiger partial charge in [0.15, 0.2) is 0 Å². The van der Waals surface area contributed by atoms with Gasteiger partial charge in [0.25, 0.3) is 0 Å². The number of unbranched alkanes of at least 4 members (excludes halogenated alkanes) is 1.